The van der Waals surface area contributed by atoms with Gasteiger partial charge in [-0.3, -0.25) is 0 Å². The molecule has 0 radical (unpaired) electrons. The molecule has 0 aliphatic rings. The fraction of sp³-hybridized carbons (Fsp3) is 0.333. The monoisotopic (exact) mass is 167 g/mol. The Bertz CT molecular complexity index is 216. The average molecular weight is 167 g/mol. The van der Waals surface area contributed by atoms with Gasteiger partial charge < -0.3 is 4.90 Å². The Morgan fingerprint density at radius 2 is 1.73 bits per heavy atom. The molecule has 0 spiro atoms. The van der Waals surface area contributed by atoms with Gasteiger partial charge >= 0.3 is 0 Å². The maximum absolute atomic E-state index is 2.68. The van der Waals surface area contributed by atoms with E-state index < -0.39 is 0 Å². The fourth-order valence-electron chi connectivity index (χ4n) is 0.988. The maximum atomic E-state index is 2.68. The molecule has 11 heavy (non-hydrogen) atoms. The Kier molecular flexibility index (Phi) is 3.04. The predicted octanol–water partition coefficient (Wildman–Crippen LogP) is 1.25. The largest absolute Gasteiger partial charge is 0.305 e. The zero-order valence-corrected chi connectivity index (χ0v) is 8.20. The van der Waals surface area contributed by atoms with Gasteiger partial charge in [0.05, 0.1) is 0 Å². The molecule has 2 heteroatoms. The maximum Gasteiger partial charge on any atom is 0.0227 e. The van der Waals surface area contributed by atoms with Gasteiger partial charge in [-0.25, -0.2) is 0 Å². The number of hydrogen-bond acceptors (Lipinski definition) is 1. The molecule has 0 saturated heterocycles. The van der Waals surface area contributed by atoms with Crippen LogP contribution in [0.5, 0.6) is 0 Å². The van der Waals surface area contributed by atoms with Crippen LogP contribution in [0.3, 0.4) is 0 Å². The van der Waals surface area contributed by atoms with E-state index in [0.717, 1.165) is 6.54 Å². The van der Waals surface area contributed by atoms with E-state index >= 15 is 0 Å². The van der Waals surface area contributed by atoms with Crippen LogP contribution in [0.4, 0.5) is 0 Å². The summed E-state index contributed by atoms with van der Waals surface area (Å²) in [4.78, 5) is 2.16. The van der Waals surface area contributed by atoms with E-state index in [0.29, 0.717) is 0 Å². The van der Waals surface area contributed by atoms with Crippen molar-refractivity contribution in [2.75, 3.05) is 14.1 Å². The first kappa shape index (κ1) is 8.70. The highest BCUT2D eigenvalue weighted by Crippen LogP contribution is 2.00. The minimum absolute atomic E-state index is 1.02. The third kappa shape index (κ3) is 3.00. The van der Waals surface area contributed by atoms with Crippen LogP contribution < -0.4 is 5.30 Å². The summed E-state index contributed by atoms with van der Waals surface area (Å²) in [5.74, 6) is 0. The van der Waals surface area contributed by atoms with Gasteiger partial charge in [-0.05, 0) is 25.0 Å². The summed E-state index contributed by atoms with van der Waals surface area (Å²) in [7, 11) is 6.84. The SMILES string of the molecule is CN(C)Cc1ccc(P)cc1. The van der Waals surface area contributed by atoms with Crippen molar-refractivity contribution in [1.82, 2.24) is 4.90 Å². The van der Waals surface area contributed by atoms with Gasteiger partial charge in [0, 0.05) is 6.54 Å². The molecule has 1 atom stereocenters. The smallest absolute Gasteiger partial charge is 0.0227 e. The Morgan fingerprint density at radius 1 is 1.18 bits per heavy atom. The lowest BCUT2D eigenvalue weighted by atomic mass is 10.2. The molecule has 0 aromatic heterocycles. The standard InChI is InChI=1S/C9H14NP/c1-10(2)7-8-3-5-9(11)6-4-8/h3-6H,7,11H2,1-2H3. The molecule has 0 aliphatic heterocycles. The van der Waals surface area contributed by atoms with E-state index in [2.05, 4.69) is 52.5 Å². The van der Waals surface area contributed by atoms with Crippen molar-refractivity contribution in [1.29, 1.82) is 0 Å². The Hall–Kier alpha value is -0.390. The molecular formula is C9H14NP. The molecule has 0 N–H and O–H groups in total. The quantitative estimate of drug-likeness (QED) is 0.599. The van der Waals surface area contributed by atoms with Crippen molar-refractivity contribution < 1.29 is 0 Å². The zero-order valence-electron chi connectivity index (χ0n) is 7.04. The molecule has 1 aromatic carbocycles. The summed E-state index contributed by atoms with van der Waals surface area (Å²) in [6, 6.07) is 8.54. The number of rotatable bonds is 2. The topological polar surface area (TPSA) is 3.24 Å². The predicted molar refractivity (Wildman–Crippen MR) is 53.2 cm³/mol. The van der Waals surface area contributed by atoms with Crippen LogP contribution in [-0.2, 0) is 6.54 Å². The highest BCUT2D eigenvalue weighted by molar-refractivity contribution is 7.27. The molecule has 0 aliphatic carbocycles. The molecule has 0 bridgehead atoms. The van der Waals surface area contributed by atoms with E-state index in [1.807, 2.05) is 0 Å². The lowest BCUT2D eigenvalue weighted by Gasteiger charge is -2.08. The van der Waals surface area contributed by atoms with Crippen LogP contribution in [0.2, 0.25) is 0 Å². The van der Waals surface area contributed by atoms with Crippen LogP contribution in [0.1, 0.15) is 5.56 Å². The van der Waals surface area contributed by atoms with Crippen LogP contribution in [-0.4, -0.2) is 19.0 Å². The molecule has 0 amide bonds. The highest BCUT2D eigenvalue weighted by Gasteiger charge is 1.92. The van der Waals surface area contributed by atoms with Crippen molar-refractivity contribution in [3.05, 3.63) is 29.8 Å². The van der Waals surface area contributed by atoms with Crippen molar-refractivity contribution in [3.8, 4) is 0 Å². The molecule has 1 rings (SSSR count). The Morgan fingerprint density at radius 3 is 2.18 bits per heavy atom. The second-order valence-electron chi connectivity index (χ2n) is 2.98. The summed E-state index contributed by atoms with van der Waals surface area (Å²) >= 11 is 0. The Balaban J connectivity index is 2.66. The molecule has 60 valence electrons. The van der Waals surface area contributed by atoms with E-state index in [4.69, 9.17) is 0 Å². The van der Waals surface area contributed by atoms with Gasteiger partial charge in [-0.2, -0.15) is 0 Å². The van der Waals surface area contributed by atoms with Crippen LogP contribution in [0, 0.1) is 0 Å². The first-order valence-corrected chi connectivity index (χ1v) is 4.25. The van der Waals surface area contributed by atoms with Gasteiger partial charge in [0.1, 0.15) is 0 Å². The summed E-state index contributed by atoms with van der Waals surface area (Å²) in [6.07, 6.45) is 0. The van der Waals surface area contributed by atoms with Crippen LogP contribution >= 0.6 is 9.24 Å². The normalized spacial score (nSPS) is 10.5. The summed E-state index contributed by atoms with van der Waals surface area (Å²) in [5.41, 5.74) is 1.36. The second kappa shape index (κ2) is 3.85. The zero-order chi connectivity index (χ0) is 8.27. The second-order valence-corrected chi connectivity index (χ2v) is 3.65. The average Bonchev–Trinajstić information content (AvgIpc) is 1.93. The number of hydrogen-bond donors (Lipinski definition) is 0. The summed E-state index contributed by atoms with van der Waals surface area (Å²) in [6.45, 7) is 1.02. The third-order valence-corrected chi connectivity index (χ3v) is 1.86. The van der Waals surface area contributed by atoms with Crippen molar-refractivity contribution in [3.63, 3.8) is 0 Å². The highest BCUT2D eigenvalue weighted by atomic mass is 31.0. The molecule has 0 fully saturated rings. The first-order chi connectivity index (χ1) is 5.18. The summed E-state index contributed by atoms with van der Waals surface area (Å²) < 4.78 is 0. The van der Waals surface area contributed by atoms with Gasteiger partial charge in [-0.1, -0.05) is 24.3 Å². The molecule has 0 heterocycles. The lowest BCUT2D eigenvalue weighted by Crippen LogP contribution is -2.10. The molecular weight excluding hydrogens is 153 g/mol. The minimum atomic E-state index is 1.02. The molecule has 1 unspecified atom stereocenters. The lowest BCUT2D eigenvalue weighted by molar-refractivity contribution is 0.402. The van der Waals surface area contributed by atoms with Crippen LogP contribution in [0.15, 0.2) is 24.3 Å². The minimum Gasteiger partial charge on any atom is -0.305 e. The van der Waals surface area contributed by atoms with Crippen molar-refractivity contribution in [2.24, 2.45) is 0 Å². The first-order valence-electron chi connectivity index (χ1n) is 3.67. The molecule has 0 saturated carbocycles. The molecule has 1 nitrogen and oxygen atoms in total. The van der Waals surface area contributed by atoms with E-state index in [-0.39, 0.29) is 0 Å². The van der Waals surface area contributed by atoms with E-state index in [1.165, 1.54) is 10.9 Å². The third-order valence-electron chi connectivity index (χ3n) is 1.48. The van der Waals surface area contributed by atoms with Crippen molar-refractivity contribution in [2.45, 2.75) is 6.54 Å². The van der Waals surface area contributed by atoms with Crippen molar-refractivity contribution >= 4 is 14.5 Å². The molecule has 1 aromatic rings. The van der Waals surface area contributed by atoms with E-state index in [9.17, 15) is 0 Å². The summed E-state index contributed by atoms with van der Waals surface area (Å²) in [5, 5.41) is 1.24. The fourth-order valence-corrected chi connectivity index (χ4v) is 1.18. The van der Waals surface area contributed by atoms with Gasteiger partial charge in [-0.15, -0.1) is 9.24 Å². The van der Waals surface area contributed by atoms with Gasteiger partial charge in [0.25, 0.3) is 0 Å². The number of benzene rings is 1. The Labute approximate surface area is 70.6 Å². The van der Waals surface area contributed by atoms with Gasteiger partial charge in [0.15, 0.2) is 0 Å². The number of nitrogens with zero attached hydrogens (tertiary/aromatic N) is 1. The van der Waals surface area contributed by atoms with Gasteiger partial charge in [0.2, 0.25) is 0 Å². The van der Waals surface area contributed by atoms with Crippen LogP contribution in [0.25, 0.3) is 0 Å². The van der Waals surface area contributed by atoms with E-state index in [1.54, 1.807) is 0 Å².